The summed E-state index contributed by atoms with van der Waals surface area (Å²) in [6, 6.07) is 7.68. The molecule has 4 nitrogen and oxygen atoms in total. The second kappa shape index (κ2) is 5.72. The van der Waals surface area contributed by atoms with Crippen molar-refractivity contribution in [2.75, 3.05) is 26.7 Å². The molecule has 1 saturated heterocycles. The maximum Gasteiger partial charge on any atom is 0.337 e. The van der Waals surface area contributed by atoms with Crippen molar-refractivity contribution < 1.29 is 9.53 Å². The molecule has 0 unspecified atom stereocenters. The van der Waals surface area contributed by atoms with Crippen molar-refractivity contribution in [2.24, 2.45) is 0 Å². The highest BCUT2D eigenvalue weighted by molar-refractivity contribution is 5.89. The van der Waals surface area contributed by atoms with Gasteiger partial charge in [-0.05, 0) is 31.5 Å². The Kier molecular flexibility index (Phi) is 4.22. The normalized spacial score (nSPS) is 19.1. The second-order valence-electron chi connectivity index (χ2n) is 5.60. The average Bonchev–Trinajstić information content (AvgIpc) is 2.40. The predicted molar refractivity (Wildman–Crippen MR) is 75.1 cm³/mol. The number of carbonyl (C=O) groups is 1. The van der Waals surface area contributed by atoms with Gasteiger partial charge in [0.2, 0.25) is 0 Å². The Balaban J connectivity index is 2.12. The van der Waals surface area contributed by atoms with Gasteiger partial charge >= 0.3 is 5.97 Å². The minimum Gasteiger partial charge on any atom is -0.465 e. The van der Waals surface area contributed by atoms with Crippen LogP contribution in [0.1, 0.15) is 29.8 Å². The first-order valence-corrected chi connectivity index (χ1v) is 6.66. The van der Waals surface area contributed by atoms with E-state index in [-0.39, 0.29) is 11.5 Å². The van der Waals surface area contributed by atoms with Crippen molar-refractivity contribution in [1.82, 2.24) is 10.2 Å². The van der Waals surface area contributed by atoms with E-state index in [0.29, 0.717) is 5.56 Å². The number of carbonyl (C=O) groups excluding carboxylic acids is 1. The van der Waals surface area contributed by atoms with Crippen molar-refractivity contribution in [3.8, 4) is 0 Å². The smallest absolute Gasteiger partial charge is 0.337 e. The molecule has 0 radical (unpaired) electrons. The minimum atomic E-state index is -0.276. The molecule has 1 fully saturated rings. The van der Waals surface area contributed by atoms with Crippen LogP contribution in [0, 0.1) is 0 Å². The summed E-state index contributed by atoms with van der Waals surface area (Å²) >= 11 is 0. The standard InChI is InChI=1S/C15H22N2O2/c1-15(2)11-16-7-8-17(15)10-12-5-4-6-13(9-12)14(18)19-3/h4-6,9,16H,7-8,10-11H2,1-3H3. The molecule has 4 heteroatoms. The molecule has 2 rings (SSSR count). The topological polar surface area (TPSA) is 41.6 Å². The molecule has 0 bridgehead atoms. The number of hydrogen-bond acceptors (Lipinski definition) is 4. The van der Waals surface area contributed by atoms with E-state index in [1.54, 1.807) is 6.07 Å². The lowest BCUT2D eigenvalue weighted by molar-refractivity contribution is 0.0600. The maximum absolute atomic E-state index is 11.5. The highest BCUT2D eigenvalue weighted by Gasteiger charge is 2.29. The molecule has 1 aliphatic heterocycles. The van der Waals surface area contributed by atoms with E-state index < -0.39 is 0 Å². The Morgan fingerprint density at radius 3 is 2.95 bits per heavy atom. The molecule has 1 aromatic rings. The highest BCUT2D eigenvalue weighted by Crippen LogP contribution is 2.20. The highest BCUT2D eigenvalue weighted by atomic mass is 16.5. The Bertz CT molecular complexity index is 457. The van der Waals surface area contributed by atoms with Gasteiger partial charge in [0.25, 0.3) is 0 Å². The van der Waals surface area contributed by atoms with Crippen LogP contribution in [0.25, 0.3) is 0 Å². The first-order valence-electron chi connectivity index (χ1n) is 6.66. The SMILES string of the molecule is COC(=O)c1cccc(CN2CCNCC2(C)C)c1. The summed E-state index contributed by atoms with van der Waals surface area (Å²) in [6.07, 6.45) is 0. The van der Waals surface area contributed by atoms with Crippen LogP contribution in [0.3, 0.4) is 0 Å². The van der Waals surface area contributed by atoms with Crippen molar-refractivity contribution in [2.45, 2.75) is 25.9 Å². The average molecular weight is 262 g/mol. The number of nitrogens with zero attached hydrogens (tertiary/aromatic N) is 1. The van der Waals surface area contributed by atoms with Gasteiger partial charge in [-0.1, -0.05) is 12.1 Å². The molecule has 1 N–H and O–H groups in total. The third-order valence-electron chi connectivity index (χ3n) is 3.69. The van der Waals surface area contributed by atoms with E-state index in [9.17, 15) is 4.79 Å². The number of nitrogens with one attached hydrogen (secondary N) is 1. The lowest BCUT2D eigenvalue weighted by Gasteiger charge is -2.43. The van der Waals surface area contributed by atoms with Crippen LogP contribution in [0.15, 0.2) is 24.3 Å². The van der Waals surface area contributed by atoms with Gasteiger partial charge in [-0.25, -0.2) is 4.79 Å². The van der Waals surface area contributed by atoms with Crippen LogP contribution in [0.4, 0.5) is 0 Å². The summed E-state index contributed by atoms with van der Waals surface area (Å²) < 4.78 is 4.76. The lowest BCUT2D eigenvalue weighted by atomic mass is 9.99. The van der Waals surface area contributed by atoms with Gasteiger partial charge in [0.1, 0.15) is 0 Å². The predicted octanol–water partition coefficient (Wildman–Crippen LogP) is 1.66. The molecule has 0 atom stereocenters. The third kappa shape index (κ3) is 3.33. The fourth-order valence-corrected chi connectivity index (χ4v) is 2.45. The summed E-state index contributed by atoms with van der Waals surface area (Å²) in [7, 11) is 1.41. The van der Waals surface area contributed by atoms with E-state index in [1.807, 2.05) is 12.1 Å². The van der Waals surface area contributed by atoms with Crippen molar-refractivity contribution >= 4 is 5.97 Å². The van der Waals surface area contributed by atoms with Crippen molar-refractivity contribution in [3.05, 3.63) is 35.4 Å². The Morgan fingerprint density at radius 1 is 1.47 bits per heavy atom. The number of rotatable bonds is 3. The zero-order chi connectivity index (χ0) is 13.9. The molecule has 104 valence electrons. The molecule has 0 aromatic heterocycles. The Labute approximate surface area is 114 Å². The zero-order valence-corrected chi connectivity index (χ0v) is 11.9. The molecule has 0 saturated carbocycles. The van der Waals surface area contributed by atoms with Gasteiger partial charge in [-0.3, -0.25) is 4.90 Å². The van der Waals surface area contributed by atoms with Crippen molar-refractivity contribution in [3.63, 3.8) is 0 Å². The molecular formula is C15H22N2O2. The molecule has 1 aliphatic rings. The fourth-order valence-electron chi connectivity index (χ4n) is 2.45. The lowest BCUT2D eigenvalue weighted by Crippen LogP contribution is -2.57. The van der Waals surface area contributed by atoms with Gasteiger partial charge in [-0.15, -0.1) is 0 Å². The van der Waals surface area contributed by atoms with Crippen LogP contribution >= 0.6 is 0 Å². The Hall–Kier alpha value is -1.39. The molecule has 1 heterocycles. The van der Waals surface area contributed by atoms with E-state index in [1.165, 1.54) is 7.11 Å². The summed E-state index contributed by atoms with van der Waals surface area (Å²) in [6.45, 7) is 8.37. The molecule has 0 amide bonds. The summed E-state index contributed by atoms with van der Waals surface area (Å²) in [4.78, 5) is 14.0. The van der Waals surface area contributed by atoms with E-state index in [0.717, 1.165) is 31.7 Å². The van der Waals surface area contributed by atoms with Gasteiger partial charge < -0.3 is 10.1 Å². The van der Waals surface area contributed by atoms with E-state index in [4.69, 9.17) is 4.74 Å². The van der Waals surface area contributed by atoms with Gasteiger partial charge in [-0.2, -0.15) is 0 Å². The molecule has 0 aliphatic carbocycles. The van der Waals surface area contributed by atoms with Crippen LogP contribution in [0.5, 0.6) is 0 Å². The largest absolute Gasteiger partial charge is 0.465 e. The number of benzene rings is 1. The van der Waals surface area contributed by atoms with Crippen LogP contribution in [-0.2, 0) is 11.3 Å². The summed E-state index contributed by atoms with van der Waals surface area (Å²) in [5.41, 5.74) is 1.91. The van der Waals surface area contributed by atoms with Gasteiger partial charge in [0.05, 0.1) is 12.7 Å². The number of hydrogen-bond donors (Lipinski definition) is 1. The summed E-state index contributed by atoms with van der Waals surface area (Å²) in [5, 5.41) is 3.41. The number of piperazine rings is 1. The zero-order valence-electron chi connectivity index (χ0n) is 11.9. The monoisotopic (exact) mass is 262 g/mol. The second-order valence-corrected chi connectivity index (χ2v) is 5.60. The first-order chi connectivity index (χ1) is 9.03. The first kappa shape index (κ1) is 14.0. The molecular weight excluding hydrogens is 240 g/mol. The minimum absolute atomic E-state index is 0.138. The quantitative estimate of drug-likeness (QED) is 0.841. The molecule has 0 spiro atoms. The van der Waals surface area contributed by atoms with E-state index in [2.05, 4.69) is 30.1 Å². The number of ether oxygens (including phenoxy) is 1. The maximum atomic E-state index is 11.5. The van der Waals surface area contributed by atoms with Crippen LogP contribution < -0.4 is 5.32 Å². The molecule has 1 aromatic carbocycles. The van der Waals surface area contributed by atoms with Crippen LogP contribution in [0.2, 0.25) is 0 Å². The Morgan fingerprint density at radius 2 is 2.26 bits per heavy atom. The van der Waals surface area contributed by atoms with Gasteiger partial charge in [0, 0.05) is 31.7 Å². The van der Waals surface area contributed by atoms with E-state index >= 15 is 0 Å². The van der Waals surface area contributed by atoms with Crippen LogP contribution in [-0.4, -0.2) is 43.2 Å². The summed E-state index contributed by atoms with van der Waals surface area (Å²) in [5.74, 6) is -0.276. The van der Waals surface area contributed by atoms with Gasteiger partial charge in [0.15, 0.2) is 0 Å². The number of esters is 1. The number of methoxy groups -OCH3 is 1. The van der Waals surface area contributed by atoms with Crippen molar-refractivity contribution in [1.29, 1.82) is 0 Å². The fraction of sp³-hybridized carbons (Fsp3) is 0.533. The third-order valence-corrected chi connectivity index (χ3v) is 3.69. The molecule has 19 heavy (non-hydrogen) atoms.